The summed E-state index contributed by atoms with van der Waals surface area (Å²) in [6.45, 7) is 3.69. The van der Waals surface area contributed by atoms with Crippen LogP contribution >= 0.6 is 0 Å². The molecule has 7 nitrogen and oxygen atoms in total. The second kappa shape index (κ2) is 7.27. The smallest absolute Gasteiger partial charge is 0.311 e. The number of nitro groups is 1. The lowest BCUT2D eigenvalue weighted by atomic mass is 10.1. The number of aromatic nitrogens is 1. The summed E-state index contributed by atoms with van der Waals surface area (Å²) in [4.78, 5) is 14.7. The number of benzene rings is 1. The molecule has 1 aliphatic rings. The van der Waals surface area contributed by atoms with Gasteiger partial charge >= 0.3 is 5.69 Å². The molecule has 0 radical (unpaired) electrons. The van der Waals surface area contributed by atoms with Crippen molar-refractivity contribution in [3.05, 3.63) is 57.8 Å². The first-order valence-electron chi connectivity index (χ1n) is 7.80. The number of pyridine rings is 1. The highest BCUT2D eigenvalue weighted by molar-refractivity contribution is 5.55. The molecule has 126 valence electrons. The Morgan fingerprint density at radius 2 is 2.33 bits per heavy atom. The van der Waals surface area contributed by atoms with Crippen molar-refractivity contribution in [2.24, 2.45) is 0 Å². The first kappa shape index (κ1) is 16.2. The molecule has 1 aromatic carbocycles. The third kappa shape index (κ3) is 3.80. The van der Waals surface area contributed by atoms with Gasteiger partial charge in [0.05, 0.1) is 18.1 Å². The summed E-state index contributed by atoms with van der Waals surface area (Å²) in [6, 6.07) is 8.90. The number of rotatable bonds is 6. The molecule has 1 aliphatic heterocycles. The van der Waals surface area contributed by atoms with Crippen LogP contribution in [-0.2, 0) is 11.3 Å². The average molecular weight is 329 g/mol. The van der Waals surface area contributed by atoms with Crippen LogP contribution in [0.5, 0.6) is 5.75 Å². The first-order chi connectivity index (χ1) is 11.6. The van der Waals surface area contributed by atoms with E-state index in [1.54, 1.807) is 6.07 Å². The monoisotopic (exact) mass is 329 g/mol. The van der Waals surface area contributed by atoms with Crippen LogP contribution in [-0.4, -0.2) is 29.2 Å². The van der Waals surface area contributed by atoms with Gasteiger partial charge in [-0.3, -0.25) is 10.1 Å². The molecule has 7 heteroatoms. The lowest BCUT2D eigenvalue weighted by Crippen LogP contribution is -2.17. The topological polar surface area (TPSA) is 86.5 Å². The molecule has 1 atom stereocenters. The van der Waals surface area contributed by atoms with Gasteiger partial charge in [0, 0.05) is 30.8 Å². The van der Waals surface area contributed by atoms with Gasteiger partial charge in [-0.05, 0) is 24.6 Å². The predicted octanol–water partition coefficient (Wildman–Crippen LogP) is 3.08. The van der Waals surface area contributed by atoms with E-state index in [1.165, 1.54) is 12.3 Å². The minimum atomic E-state index is -0.447. The van der Waals surface area contributed by atoms with Gasteiger partial charge in [0.25, 0.3) is 0 Å². The molecular formula is C17H19N3O4. The fourth-order valence-corrected chi connectivity index (χ4v) is 2.56. The Morgan fingerprint density at radius 1 is 1.46 bits per heavy atom. The standard InChI is InChI=1S/C17H19N3O4/c1-12-4-5-13(16(9-12)24-14-6-8-23-11-14)10-19-17-15(20(21)22)3-2-7-18-17/h2-5,7,9,14H,6,8,10-11H2,1H3,(H,18,19). The predicted molar refractivity (Wildman–Crippen MR) is 89.2 cm³/mol. The van der Waals surface area contributed by atoms with Gasteiger partial charge in [-0.15, -0.1) is 0 Å². The van der Waals surface area contributed by atoms with Crippen molar-refractivity contribution in [1.29, 1.82) is 0 Å². The Labute approximate surface area is 139 Å². The molecule has 1 fully saturated rings. The highest BCUT2D eigenvalue weighted by atomic mass is 16.6. The number of nitrogens with one attached hydrogen (secondary N) is 1. The van der Waals surface area contributed by atoms with Crippen LogP contribution in [0.1, 0.15) is 17.5 Å². The van der Waals surface area contributed by atoms with Crippen LogP contribution < -0.4 is 10.1 Å². The van der Waals surface area contributed by atoms with E-state index in [0.29, 0.717) is 19.8 Å². The molecular weight excluding hydrogens is 310 g/mol. The minimum Gasteiger partial charge on any atom is -0.488 e. The minimum absolute atomic E-state index is 0.0451. The largest absolute Gasteiger partial charge is 0.488 e. The maximum Gasteiger partial charge on any atom is 0.311 e. The van der Waals surface area contributed by atoms with Gasteiger partial charge in [0.2, 0.25) is 5.82 Å². The van der Waals surface area contributed by atoms with Crippen LogP contribution in [0.3, 0.4) is 0 Å². The van der Waals surface area contributed by atoms with Gasteiger partial charge in [-0.25, -0.2) is 4.98 Å². The normalized spacial score (nSPS) is 16.8. The van der Waals surface area contributed by atoms with Crippen LogP contribution in [0.2, 0.25) is 0 Å². The molecule has 0 saturated carbocycles. The molecule has 0 bridgehead atoms. The van der Waals surface area contributed by atoms with Crippen LogP contribution in [0, 0.1) is 17.0 Å². The van der Waals surface area contributed by atoms with Gasteiger partial charge in [-0.2, -0.15) is 0 Å². The van der Waals surface area contributed by atoms with Crippen molar-refractivity contribution in [2.45, 2.75) is 26.0 Å². The van der Waals surface area contributed by atoms with E-state index < -0.39 is 4.92 Å². The number of ether oxygens (including phenoxy) is 2. The van der Waals surface area contributed by atoms with Crippen molar-refractivity contribution < 1.29 is 14.4 Å². The van der Waals surface area contributed by atoms with Crippen molar-refractivity contribution in [2.75, 3.05) is 18.5 Å². The number of anilines is 1. The second-order valence-electron chi connectivity index (χ2n) is 5.70. The van der Waals surface area contributed by atoms with E-state index in [9.17, 15) is 10.1 Å². The van der Waals surface area contributed by atoms with Crippen LogP contribution in [0.25, 0.3) is 0 Å². The zero-order valence-electron chi connectivity index (χ0n) is 13.4. The number of hydrogen-bond donors (Lipinski definition) is 1. The Bertz CT molecular complexity index is 730. The van der Waals surface area contributed by atoms with Crippen molar-refractivity contribution in [3.8, 4) is 5.75 Å². The molecule has 1 saturated heterocycles. The third-order valence-electron chi connectivity index (χ3n) is 3.83. The van der Waals surface area contributed by atoms with E-state index in [4.69, 9.17) is 9.47 Å². The molecule has 3 rings (SSSR count). The van der Waals surface area contributed by atoms with Crippen molar-refractivity contribution >= 4 is 11.5 Å². The van der Waals surface area contributed by atoms with Gasteiger partial charge < -0.3 is 14.8 Å². The van der Waals surface area contributed by atoms with Crippen LogP contribution in [0.4, 0.5) is 11.5 Å². The summed E-state index contributed by atoms with van der Waals surface area (Å²) in [5.74, 6) is 1.02. The molecule has 1 aromatic heterocycles. The Hall–Kier alpha value is -2.67. The average Bonchev–Trinajstić information content (AvgIpc) is 3.07. The zero-order valence-corrected chi connectivity index (χ0v) is 13.4. The highest BCUT2D eigenvalue weighted by Crippen LogP contribution is 2.26. The molecule has 0 amide bonds. The van der Waals surface area contributed by atoms with E-state index in [0.717, 1.165) is 23.3 Å². The summed E-state index contributed by atoms with van der Waals surface area (Å²) < 4.78 is 11.4. The molecule has 0 spiro atoms. The maximum atomic E-state index is 11.1. The van der Waals surface area contributed by atoms with Crippen molar-refractivity contribution in [3.63, 3.8) is 0 Å². The van der Waals surface area contributed by atoms with E-state index in [1.807, 2.05) is 25.1 Å². The fraction of sp³-hybridized carbons (Fsp3) is 0.353. The third-order valence-corrected chi connectivity index (χ3v) is 3.83. The summed E-state index contributed by atoms with van der Waals surface area (Å²) in [6.07, 6.45) is 2.44. The zero-order chi connectivity index (χ0) is 16.9. The summed E-state index contributed by atoms with van der Waals surface area (Å²) >= 11 is 0. The molecule has 1 unspecified atom stereocenters. The van der Waals surface area contributed by atoms with Crippen LogP contribution in [0.15, 0.2) is 36.5 Å². The van der Waals surface area contributed by atoms with E-state index in [-0.39, 0.29) is 17.6 Å². The summed E-state index contributed by atoms with van der Waals surface area (Å²) in [7, 11) is 0. The van der Waals surface area contributed by atoms with E-state index >= 15 is 0 Å². The summed E-state index contributed by atoms with van der Waals surface area (Å²) in [5.41, 5.74) is 1.97. The lowest BCUT2D eigenvalue weighted by Gasteiger charge is -2.17. The van der Waals surface area contributed by atoms with Gasteiger partial charge in [-0.1, -0.05) is 12.1 Å². The molecule has 2 aromatic rings. The van der Waals surface area contributed by atoms with Gasteiger partial charge in [0.1, 0.15) is 11.9 Å². The van der Waals surface area contributed by atoms with Gasteiger partial charge in [0.15, 0.2) is 0 Å². The molecule has 0 aliphatic carbocycles. The number of nitrogens with zero attached hydrogens (tertiary/aromatic N) is 2. The van der Waals surface area contributed by atoms with E-state index in [2.05, 4.69) is 10.3 Å². The maximum absolute atomic E-state index is 11.1. The number of hydrogen-bond acceptors (Lipinski definition) is 6. The Balaban J connectivity index is 1.76. The second-order valence-corrected chi connectivity index (χ2v) is 5.70. The Kier molecular flexibility index (Phi) is 4.90. The summed E-state index contributed by atoms with van der Waals surface area (Å²) in [5, 5.41) is 14.1. The quantitative estimate of drug-likeness (QED) is 0.647. The first-order valence-corrected chi connectivity index (χ1v) is 7.80. The molecule has 1 N–H and O–H groups in total. The fourth-order valence-electron chi connectivity index (χ4n) is 2.56. The molecule has 2 heterocycles. The lowest BCUT2D eigenvalue weighted by molar-refractivity contribution is -0.384. The Morgan fingerprint density at radius 3 is 3.08 bits per heavy atom. The molecule has 24 heavy (non-hydrogen) atoms. The number of aryl methyl sites for hydroxylation is 1. The SMILES string of the molecule is Cc1ccc(CNc2ncccc2[N+](=O)[O-])c(OC2CCOC2)c1. The van der Waals surface area contributed by atoms with Crippen molar-refractivity contribution in [1.82, 2.24) is 4.98 Å². The highest BCUT2D eigenvalue weighted by Gasteiger charge is 2.19.